The number of rotatable bonds is 5. The fourth-order valence-corrected chi connectivity index (χ4v) is 4.57. The third kappa shape index (κ3) is 4.17. The van der Waals surface area contributed by atoms with Gasteiger partial charge in [0.2, 0.25) is 5.91 Å². The molecule has 1 aliphatic rings. The van der Waals surface area contributed by atoms with Crippen LogP contribution in [0.1, 0.15) is 37.3 Å². The van der Waals surface area contributed by atoms with Crippen LogP contribution in [0.3, 0.4) is 0 Å². The number of carbonyl (C=O) groups is 1. The van der Waals surface area contributed by atoms with Crippen molar-refractivity contribution in [2.24, 2.45) is 0 Å². The molecule has 1 heterocycles. The first-order chi connectivity index (χ1) is 14.2. The zero-order valence-corrected chi connectivity index (χ0v) is 16.6. The van der Waals surface area contributed by atoms with E-state index in [1.54, 1.807) is 34.9 Å². The Morgan fingerprint density at radius 2 is 2.00 bits per heavy atom. The number of aromatic nitrogens is 2. The predicted octanol–water partition coefficient (Wildman–Crippen LogP) is 4.11. The molecule has 1 aromatic heterocycles. The summed E-state index contributed by atoms with van der Waals surface area (Å²) in [6, 6.07) is 16.3. The number of amides is 1. The molecule has 1 amide bonds. The maximum absolute atomic E-state index is 13.1. The van der Waals surface area contributed by atoms with Gasteiger partial charge in [-0.3, -0.25) is 14.2 Å². The lowest BCUT2D eigenvalue weighted by Crippen LogP contribution is -2.27. The van der Waals surface area contributed by atoms with Gasteiger partial charge in [-0.2, -0.15) is 5.26 Å². The van der Waals surface area contributed by atoms with Crippen LogP contribution < -0.4 is 10.9 Å². The summed E-state index contributed by atoms with van der Waals surface area (Å²) < 4.78 is 1.78. The molecule has 1 fully saturated rings. The van der Waals surface area contributed by atoms with Crippen molar-refractivity contribution in [3.8, 4) is 6.07 Å². The third-order valence-electron chi connectivity index (χ3n) is 5.07. The minimum Gasteiger partial charge on any atom is -0.325 e. The topological polar surface area (TPSA) is 87.8 Å². The Labute approximate surface area is 172 Å². The lowest BCUT2D eigenvalue weighted by molar-refractivity contribution is -0.113. The molecule has 3 aromatic rings. The number of hydrogen-bond donors (Lipinski definition) is 1. The number of nitrogens with zero attached hydrogens (tertiary/aromatic N) is 3. The Morgan fingerprint density at radius 1 is 1.21 bits per heavy atom. The number of nitrogens with one attached hydrogen (secondary N) is 1. The van der Waals surface area contributed by atoms with E-state index in [1.165, 1.54) is 11.8 Å². The molecule has 0 unspecified atom stereocenters. The molecular formula is C22H20N4O2S. The van der Waals surface area contributed by atoms with E-state index in [1.807, 2.05) is 18.2 Å². The third-order valence-corrected chi connectivity index (χ3v) is 6.03. The van der Waals surface area contributed by atoms with Gasteiger partial charge >= 0.3 is 0 Å². The highest BCUT2D eigenvalue weighted by Crippen LogP contribution is 2.32. The van der Waals surface area contributed by atoms with Gasteiger partial charge in [-0.1, -0.05) is 42.8 Å². The van der Waals surface area contributed by atoms with Crippen molar-refractivity contribution in [3.05, 3.63) is 64.4 Å². The zero-order valence-electron chi connectivity index (χ0n) is 15.8. The summed E-state index contributed by atoms with van der Waals surface area (Å²) in [5.74, 6) is -0.0701. The number of fused-ring (bicyclic) bond motifs is 1. The highest BCUT2D eigenvalue weighted by molar-refractivity contribution is 7.99. The van der Waals surface area contributed by atoms with E-state index in [0.717, 1.165) is 25.7 Å². The van der Waals surface area contributed by atoms with E-state index < -0.39 is 0 Å². The maximum Gasteiger partial charge on any atom is 0.262 e. The molecule has 6 nitrogen and oxygen atoms in total. The SMILES string of the molecule is N#Cc1cccc(NC(=O)CSc2nc3ccccc3c(=O)n2C2CCCC2)c1. The van der Waals surface area contributed by atoms with Gasteiger partial charge in [0.15, 0.2) is 5.16 Å². The van der Waals surface area contributed by atoms with E-state index in [4.69, 9.17) is 5.26 Å². The number of anilines is 1. The summed E-state index contributed by atoms with van der Waals surface area (Å²) in [7, 11) is 0. The van der Waals surface area contributed by atoms with Crippen LogP contribution in [-0.2, 0) is 4.79 Å². The highest BCUT2D eigenvalue weighted by atomic mass is 32.2. The molecule has 0 aliphatic heterocycles. The minimum absolute atomic E-state index is 0.0351. The van der Waals surface area contributed by atoms with Gasteiger partial charge in [0.05, 0.1) is 28.3 Å². The summed E-state index contributed by atoms with van der Waals surface area (Å²) in [5.41, 5.74) is 1.68. The molecule has 4 rings (SSSR count). The fraction of sp³-hybridized carbons (Fsp3) is 0.273. The molecule has 29 heavy (non-hydrogen) atoms. The first kappa shape index (κ1) is 19.2. The summed E-state index contributed by atoms with van der Waals surface area (Å²) in [5, 5.41) is 13.0. The van der Waals surface area contributed by atoms with E-state index in [-0.39, 0.29) is 23.3 Å². The van der Waals surface area contributed by atoms with Crippen LogP contribution in [0.15, 0.2) is 58.5 Å². The first-order valence-electron chi connectivity index (χ1n) is 9.60. The molecule has 1 saturated carbocycles. The van der Waals surface area contributed by atoms with Crippen LogP contribution in [0, 0.1) is 11.3 Å². The molecule has 146 valence electrons. The predicted molar refractivity (Wildman–Crippen MR) is 114 cm³/mol. The quantitative estimate of drug-likeness (QED) is 0.511. The maximum atomic E-state index is 13.1. The van der Waals surface area contributed by atoms with Crippen LogP contribution in [-0.4, -0.2) is 21.2 Å². The Bertz CT molecular complexity index is 1160. The van der Waals surface area contributed by atoms with Gasteiger partial charge in [-0.15, -0.1) is 0 Å². The molecule has 0 spiro atoms. The lowest BCUT2D eigenvalue weighted by atomic mass is 10.2. The van der Waals surface area contributed by atoms with Gasteiger partial charge in [-0.25, -0.2) is 4.98 Å². The van der Waals surface area contributed by atoms with Crippen molar-refractivity contribution in [1.82, 2.24) is 9.55 Å². The smallest absolute Gasteiger partial charge is 0.262 e. The zero-order chi connectivity index (χ0) is 20.2. The molecular weight excluding hydrogens is 384 g/mol. The van der Waals surface area contributed by atoms with Gasteiger partial charge < -0.3 is 5.32 Å². The first-order valence-corrected chi connectivity index (χ1v) is 10.6. The number of benzene rings is 2. The van der Waals surface area contributed by atoms with Crippen molar-refractivity contribution < 1.29 is 4.79 Å². The summed E-state index contributed by atoms with van der Waals surface area (Å²) in [6.45, 7) is 0. The average molecular weight is 404 g/mol. The Hall–Kier alpha value is -3.11. The molecule has 0 radical (unpaired) electrons. The Morgan fingerprint density at radius 3 is 2.79 bits per heavy atom. The molecule has 1 N–H and O–H groups in total. The largest absolute Gasteiger partial charge is 0.325 e. The summed E-state index contributed by atoms with van der Waals surface area (Å²) in [6.07, 6.45) is 4.12. The second-order valence-electron chi connectivity index (χ2n) is 7.05. The monoisotopic (exact) mass is 404 g/mol. The number of thioether (sulfide) groups is 1. The number of carbonyl (C=O) groups excluding carboxylic acids is 1. The van der Waals surface area contributed by atoms with Crippen LogP contribution in [0.4, 0.5) is 5.69 Å². The Balaban J connectivity index is 1.58. The number of nitriles is 1. The van der Waals surface area contributed by atoms with Crippen LogP contribution in [0.2, 0.25) is 0 Å². The summed E-state index contributed by atoms with van der Waals surface area (Å²) in [4.78, 5) is 30.2. The highest BCUT2D eigenvalue weighted by Gasteiger charge is 2.23. The van der Waals surface area contributed by atoms with E-state index in [2.05, 4.69) is 16.4 Å². The average Bonchev–Trinajstić information content (AvgIpc) is 3.27. The van der Waals surface area contributed by atoms with Gasteiger partial charge in [-0.05, 0) is 43.2 Å². The Kier molecular flexibility index (Phi) is 5.63. The molecule has 7 heteroatoms. The summed E-state index contributed by atoms with van der Waals surface area (Å²) >= 11 is 1.28. The number of hydrogen-bond acceptors (Lipinski definition) is 5. The van der Waals surface area contributed by atoms with E-state index >= 15 is 0 Å². The number of para-hydroxylation sites is 1. The van der Waals surface area contributed by atoms with E-state index in [9.17, 15) is 9.59 Å². The van der Waals surface area contributed by atoms with Crippen LogP contribution >= 0.6 is 11.8 Å². The molecule has 0 atom stereocenters. The normalized spacial score (nSPS) is 14.0. The van der Waals surface area contributed by atoms with Crippen molar-refractivity contribution in [3.63, 3.8) is 0 Å². The second kappa shape index (κ2) is 8.50. The van der Waals surface area contributed by atoms with Crippen molar-refractivity contribution in [2.45, 2.75) is 36.9 Å². The molecule has 0 bridgehead atoms. The molecule has 0 saturated heterocycles. The lowest BCUT2D eigenvalue weighted by Gasteiger charge is -2.18. The molecule has 2 aromatic carbocycles. The van der Waals surface area contributed by atoms with Crippen molar-refractivity contribution >= 4 is 34.3 Å². The van der Waals surface area contributed by atoms with Crippen molar-refractivity contribution in [2.75, 3.05) is 11.1 Å². The van der Waals surface area contributed by atoms with Crippen molar-refractivity contribution in [1.29, 1.82) is 5.26 Å². The fourth-order valence-electron chi connectivity index (χ4n) is 3.71. The van der Waals surface area contributed by atoms with Gasteiger partial charge in [0.25, 0.3) is 5.56 Å². The second-order valence-corrected chi connectivity index (χ2v) is 8.00. The van der Waals surface area contributed by atoms with Gasteiger partial charge in [0.1, 0.15) is 0 Å². The van der Waals surface area contributed by atoms with E-state index in [0.29, 0.717) is 27.3 Å². The van der Waals surface area contributed by atoms with Crippen LogP contribution in [0.25, 0.3) is 10.9 Å². The standard InChI is InChI=1S/C22H20N4O2S/c23-13-15-6-5-7-16(12-15)24-20(27)14-29-22-25-19-11-4-3-10-18(19)21(28)26(22)17-8-1-2-9-17/h3-7,10-12,17H,1-2,8-9,14H2,(H,24,27). The van der Waals surface area contributed by atoms with Crippen LogP contribution in [0.5, 0.6) is 0 Å². The minimum atomic E-state index is -0.203. The van der Waals surface area contributed by atoms with Gasteiger partial charge in [0, 0.05) is 11.7 Å². The molecule has 1 aliphatic carbocycles.